The third kappa shape index (κ3) is 1.91. The Morgan fingerprint density at radius 2 is 2.11 bits per heavy atom. The number of benzene rings is 1. The molecule has 2 unspecified atom stereocenters. The minimum Gasteiger partial charge on any atom is -0.327 e. The molecule has 0 aliphatic heterocycles. The van der Waals surface area contributed by atoms with Crippen LogP contribution in [0.3, 0.4) is 0 Å². The van der Waals surface area contributed by atoms with Crippen LogP contribution in [0.4, 0.5) is 0 Å². The van der Waals surface area contributed by atoms with E-state index in [0.29, 0.717) is 5.56 Å². The first-order valence-electron chi connectivity index (χ1n) is 6.40. The number of Topliss-reactive ketones (excluding diaryl/α,β-unsaturated/α-hetero) is 1. The van der Waals surface area contributed by atoms with Crippen molar-refractivity contribution in [3.63, 3.8) is 0 Å². The molecule has 0 spiro atoms. The Kier molecular flexibility index (Phi) is 2.84. The molecule has 0 amide bonds. The lowest BCUT2D eigenvalue weighted by Crippen LogP contribution is -2.30. The summed E-state index contributed by atoms with van der Waals surface area (Å²) in [4.78, 5) is 16.7. The van der Waals surface area contributed by atoms with Crippen molar-refractivity contribution in [1.82, 2.24) is 4.98 Å². The van der Waals surface area contributed by atoms with Crippen molar-refractivity contribution in [2.75, 3.05) is 0 Å². The number of pyridine rings is 1. The average Bonchev–Trinajstić information content (AvgIpc) is 2.83. The molecular formula is C15H16N2O. The van der Waals surface area contributed by atoms with Gasteiger partial charge >= 0.3 is 0 Å². The maximum Gasteiger partial charge on any atom is 0.169 e. The molecule has 0 radical (unpaired) electrons. The summed E-state index contributed by atoms with van der Waals surface area (Å²) in [5.74, 6) is 0.131. The van der Waals surface area contributed by atoms with Crippen LogP contribution in [0.2, 0.25) is 0 Å². The van der Waals surface area contributed by atoms with Gasteiger partial charge in [0.15, 0.2) is 5.78 Å². The maximum atomic E-state index is 12.4. The van der Waals surface area contributed by atoms with E-state index in [1.54, 1.807) is 6.20 Å². The van der Waals surface area contributed by atoms with Crippen molar-refractivity contribution in [3.8, 4) is 0 Å². The van der Waals surface area contributed by atoms with Gasteiger partial charge in [-0.3, -0.25) is 9.78 Å². The molecule has 2 N–H and O–H groups in total. The number of ketones is 1. The van der Waals surface area contributed by atoms with Crippen LogP contribution >= 0.6 is 0 Å². The summed E-state index contributed by atoms with van der Waals surface area (Å²) in [7, 11) is 0. The number of carbonyl (C=O) groups is 1. The molecule has 92 valence electrons. The van der Waals surface area contributed by atoms with E-state index in [1.807, 2.05) is 30.3 Å². The third-order valence-electron chi connectivity index (χ3n) is 3.78. The highest BCUT2D eigenvalue weighted by molar-refractivity contribution is 6.00. The summed E-state index contributed by atoms with van der Waals surface area (Å²) < 4.78 is 0. The number of carbonyl (C=O) groups excluding carboxylic acids is 1. The lowest BCUT2D eigenvalue weighted by molar-refractivity contribution is 0.0913. The maximum absolute atomic E-state index is 12.4. The standard InChI is InChI=1S/C15H16N2O/c16-13-6-3-5-12(13)15(18)11-8-10-4-1-2-7-14(10)17-9-11/h1-2,4,7-9,12-13H,3,5-6,16H2. The third-order valence-corrected chi connectivity index (χ3v) is 3.78. The van der Waals surface area contributed by atoms with Gasteiger partial charge in [-0.1, -0.05) is 24.6 Å². The number of nitrogens with two attached hydrogens (primary N) is 1. The first-order chi connectivity index (χ1) is 8.75. The fourth-order valence-electron chi connectivity index (χ4n) is 2.73. The van der Waals surface area contributed by atoms with Gasteiger partial charge in [-0.25, -0.2) is 0 Å². The molecule has 2 atom stereocenters. The fourth-order valence-corrected chi connectivity index (χ4v) is 2.73. The van der Waals surface area contributed by atoms with E-state index < -0.39 is 0 Å². The molecule has 1 aromatic carbocycles. The zero-order valence-electron chi connectivity index (χ0n) is 10.2. The van der Waals surface area contributed by atoms with Crippen LogP contribution in [-0.4, -0.2) is 16.8 Å². The number of aromatic nitrogens is 1. The molecule has 18 heavy (non-hydrogen) atoms. The second-order valence-electron chi connectivity index (χ2n) is 4.98. The summed E-state index contributed by atoms with van der Waals surface area (Å²) >= 11 is 0. The predicted molar refractivity (Wildman–Crippen MR) is 71.4 cm³/mol. The van der Waals surface area contributed by atoms with Gasteiger partial charge < -0.3 is 5.73 Å². The second kappa shape index (κ2) is 4.50. The lowest BCUT2D eigenvalue weighted by atomic mass is 9.94. The summed E-state index contributed by atoms with van der Waals surface area (Å²) in [6.07, 6.45) is 4.60. The summed E-state index contributed by atoms with van der Waals surface area (Å²) in [5, 5.41) is 1.01. The van der Waals surface area contributed by atoms with Crippen molar-refractivity contribution >= 4 is 16.7 Å². The van der Waals surface area contributed by atoms with E-state index in [-0.39, 0.29) is 17.7 Å². The van der Waals surface area contributed by atoms with Crippen molar-refractivity contribution in [2.24, 2.45) is 11.7 Å². The van der Waals surface area contributed by atoms with E-state index in [9.17, 15) is 4.79 Å². The molecule has 3 nitrogen and oxygen atoms in total. The summed E-state index contributed by atoms with van der Waals surface area (Å²) in [6, 6.07) is 9.78. The molecule has 2 aromatic rings. The number of para-hydroxylation sites is 1. The SMILES string of the molecule is NC1CCCC1C(=O)c1cnc2ccccc2c1. The molecule has 1 heterocycles. The highest BCUT2D eigenvalue weighted by Crippen LogP contribution is 2.27. The van der Waals surface area contributed by atoms with Gasteiger partial charge in [-0.2, -0.15) is 0 Å². The number of nitrogens with zero attached hydrogens (tertiary/aromatic N) is 1. The largest absolute Gasteiger partial charge is 0.327 e. The number of rotatable bonds is 2. The number of hydrogen-bond acceptors (Lipinski definition) is 3. The van der Waals surface area contributed by atoms with Crippen LogP contribution in [0.1, 0.15) is 29.6 Å². The molecule has 3 rings (SSSR count). The van der Waals surface area contributed by atoms with Gasteiger partial charge in [0.25, 0.3) is 0 Å². The Morgan fingerprint density at radius 1 is 1.28 bits per heavy atom. The minimum atomic E-state index is -0.0204. The van der Waals surface area contributed by atoms with Crippen molar-refractivity contribution in [3.05, 3.63) is 42.1 Å². The van der Waals surface area contributed by atoms with Gasteiger partial charge in [0.1, 0.15) is 0 Å². The lowest BCUT2D eigenvalue weighted by Gasteiger charge is -2.13. The van der Waals surface area contributed by atoms with Crippen LogP contribution in [0.15, 0.2) is 36.5 Å². The normalized spacial score (nSPS) is 23.4. The predicted octanol–water partition coefficient (Wildman–Crippen LogP) is 2.54. The first kappa shape index (κ1) is 11.4. The molecule has 0 saturated heterocycles. The van der Waals surface area contributed by atoms with Gasteiger partial charge in [0.2, 0.25) is 0 Å². The van der Waals surface area contributed by atoms with Gasteiger partial charge in [-0.05, 0) is 25.0 Å². The Morgan fingerprint density at radius 3 is 2.89 bits per heavy atom. The summed E-state index contributed by atoms with van der Waals surface area (Å²) in [6.45, 7) is 0. The Bertz CT molecular complexity index is 594. The van der Waals surface area contributed by atoms with E-state index >= 15 is 0 Å². The first-order valence-corrected chi connectivity index (χ1v) is 6.40. The van der Waals surface area contributed by atoms with E-state index in [2.05, 4.69) is 4.98 Å². The molecule has 1 saturated carbocycles. The Labute approximate surface area is 106 Å². The topological polar surface area (TPSA) is 56.0 Å². The molecule has 1 aliphatic carbocycles. The van der Waals surface area contributed by atoms with Crippen LogP contribution in [0.5, 0.6) is 0 Å². The molecule has 0 bridgehead atoms. The van der Waals surface area contributed by atoms with Crippen LogP contribution in [-0.2, 0) is 0 Å². The Balaban J connectivity index is 1.96. The van der Waals surface area contributed by atoms with Gasteiger partial charge in [-0.15, -0.1) is 0 Å². The second-order valence-corrected chi connectivity index (χ2v) is 4.98. The van der Waals surface area contributed by atoms with Crippen LogP contribution < -0.4 is 5.73 Å². The molecule has 1 aliphatic rings. The monoisotopic (exact) mass is 240 g/mol. The number of hydrogen-bond donors (Lipinski definition) is 1. The van der Waals surface area contributed by atoms with E-state index in [1.165, 1.54) is 0 Å². The quantitative estimate of drug-likeness (QED) is 0.821. The number of fused-ring (bicyclic) bond motifs is 1. The zero-order valence-corrected chi connectivity index (χ0v) is 10.2. The van der Waals surface area contributed by atoms with Crippen molar-refractivity contribution in [1.29, 1.82) is 0 Å². The minimum absolute atomic E-state index is 0.0176. The van der Waals surface area contributed by atoms with Crippen LogP contribution in [0, 0.1) is 5.92 Å². The average molecular weight is 240 g/mol. The molecule has 1 aromatic heterocycles. The van der Waals surface area contributed by atoms with E-state index in [4.69, 9.17) is 5.73 Å². The zero-order chi connectivity index (χ0) is 12.5. The summed E-state index contributed by atoms with van der Waals surface area (Å²) in [5.41, 5.74) is 7.60. The van der Waals surface area contributed by atoms with E-state index in [0.717, 1.165) is 30.2 Å². The molecular weight excluding hydrogens is 224 g/mol. The Hall–Kier alpha value is -1.74. The molecule has 1 fully saturated rings. The van der Waals surface area contributed by atoms with Gasteiger partial charge in [0, 0.05) is 29.1 Å². The highest BCUT2D eigenvalue weighted by Gasteiger charge is 2.30. The van der Waals surface area contributed by atoms with Crippen molar-refractivity contribution < 1.29 is 4.79 Å². The fraction of sp³-hybridized carbons (Fsp3) is 0.333. The molecule has 3 heteroatoms. The highest BCUT2D eigenvalue weighted by atomic mass is 16.1. The van der Waals surface area contributed by atoms with Crippen LogP contribution in [0.25, 0.3) is 10.9 Å². The van der Waals surface area contributed by atoms with Crippen molar-refractivity contribution in [2.45, 2.75) is 25.3 Å². The van der Waals surface area contributed by atoms with Gasteiger partial charge in [0.05, 0.1) is 5.52 Å². The smallest absolute Gasteiger partial charge is 0.169 e.